The number of phosphoric acid groups is 3. The van der Waals surface area contributed by atoms with Gasteiger partial charge in [0.25, 0.3) is 0 Å². The van der Waals surface area contributed by atoms with Crippen molar-refractivity contribution in [2.24, 2.45) is 0 Å². The summed E-state index contributed by atoms with van der Waals surface area (Å²) >= 11 is 0. The topological polar surface area (TPSA) is 270 Å². The minimum absolute atomic E-state index is 0. The molecule has 2 heterocycles. The van der Waals surface area contributed by atoms with E-state index in [0.717, 1.165) is 10.8 Å². The summed E-state index contributed by atoms with van der Waals surface area (Å²) in [6.45, 7) is -1.02. The van der Waals surface area contributed by atoms with Crippen LogP contribution in [0.5, 0.6) is 0 Å². The third-order valence-electron chi connectivity index (χ3n) is 3.28. The van der Waals surface area contributed by atoms with Gasteiger partial charge in [-0.1, -0.05) is 0 Å². The molecule has 0 spiro atoms. The first-order chi connectivity index (χ1) is 13.1. The second-order valence-corrected chi connectivity index (χ2v) is 9.90. The van der Waals surface area contributed by atoms with Crippen LogP contribution in [0.15, 0.2) is 17.1 Å². The Bertz CT molecular complexity index is 975. The van der Waals surface area contributed by atoms with Crippen molar-refractivity contribution in [3.8, 4) is 0 Å². The predicted molar refractivity (Wildman–Crippen MR) is 92.0 cm³/mol. The van der Waals surface area contributed by atoms with Gasteiger partial charge in [0.05, 0.1) is 6.61 Å². The van der Waals surface area contributed by atoms with Gasteiger partial charge >= 0.3 is 118 Å². The molecule has 1 aromatic heterocycles. The number of phosphoric ester groups is 1. The molecule has 6 atom stereocenters. The van der Waals surface area contributed by atoms with Gasteiger partial charge in [-0.2, -0.15) is 13.6 Å². The molecule has 2 rings (SSSR count). The van der Waals surface area contributed by atoms with Crippen LogP contribution >= 0.6 is 23.5 Å². The van der Waals surface area contributed by atoms with E-state index in [1.165, 1.54) is 6.07 Å². The Morgan fingerprint density at radius 3 is 2.12 bits per heavy atom. The van der Waals surface area contributed by atoms with E-state index in [1.54, 1.807) is 0 Å². The molecule has 0 amide bonds. The molecule has 8 N–H and O–H groups in total. The summed E-state index contributed by atoms with van der Waals surface area (Å²) in [5.74, 6) is -0.122. The van der Waals surface area contributed by atoms with Crippen molar-refractivity contribution in [2.45, 2.75) is 24.5 Å². The number of aromatic nitrogens is 2. The Kier molecular flexibility index (Phi) is 15.9. The Morgan fingerprint density at radius 2 is 1.62 bits per heavy atom. The van der Waals surface area contributed by atoms with Crippen LogP contribution in [-0.4, -0.2) is 64.3 Å². The van der Waals surface area contributed by atoms with Crippen LogP contribution in [-0.2, 0) is 31.6 Å². The molecule has 17 nitrogen and oxygen atoms in total. The second kappa shape index (κ2) is 14.1. The van der Waals surface area contributed by atoms with Crippen molar-refractivity contribution < 1.29 is 154 Å². The quantitative estimate of drug-likeness (QED) is 0.116. The van der Waals surface area contributed by atoms with E-state index < -0.39 is 60.3 Å². The zero-order valence-corrected chi connectivity index (χ0v) is 25.6. The molecule has 2 unspecified atom stereocenters. The summed E-state index contributed by atoms with van der Waals surface area (Å²) < 4.78 is 50.8. The Labute approximate surface area is 250 Å². The number of nitrogens with zero attached hydrogens (tertiary/aromatic N) is 2. The van der Waals surface area contributed by atoms with E-state index in [0.29, 0.717) is 0 Å². The van der Waals surface area contributed by atoms with Crippen molar-refractivity contribution in [3.05, 3.63) is 22.7 Å². The average molecular weight is 555 g/mol. The molecule has 0 bridgehead atoms. The molecule has 1 fully saturated rings. The first-order valence-corrected chi connectivity index (χ1v) is 11.8. The largest absolute Gasteiger partial charge is 1.00 e. The third kappa shape index (κ3) is 10.9. The third-order valence-corrected chi connectivity index (χ3v) is 7.08. The molecule has 32 heavy (non-hydrogen) atoms. The number of hydrogen-bond acceptors (Lipinski definition) is 12. The van der Waals surface area contributed by atoms with Crippen molar-refractivity contribution in [1.29, 1.82) is 0 Å². The maximum atomic E-state index is 11.8. The Hall–Kier alpha value is 1.97. The number of hydrogen-bond donors (Lipinski definition) is 7. The second-order valence-electron chi connectivity index (χ2n) is 5.48. The van der Waals surface area contributed by atoms with Gasteiger partial charge in [0, 0.05) is 6.20 Å². The van der Waals surface area contributed by atoms with Gasteiger partial charge in [-0.15, -0.1) is 0 Å². The molecule has 1 saturated heterocycles. The molecule has 0 aliphatic carbocycles. The first-order valence-electron chi connectivity index (χ1n) is 7.25. The number of rotatable bonds is 8. The fraction of sp³-hybridized carbons (Fsp3) is 0.556. The number of aliphatic hydroxyl groups is 2. The molecule has 172 valence electrons. The minimum atomic E-state index is -5.71. The van der Waals surface area contributed by atoms with Crippen LogP contribution in [0.1, 0.15) is 10.5 Å². The SMILES string of the molecule is Nc1ccn([C@@H]2O[C@H](COP(=O)(O)OP(=O)(O)OP(=O)(O)O)[C@@H](O)[C@H]2O)c(=O)n1.[H-].[H-].[H-].[Na+].[Na+].[Na+]. The average Bonchev–Trinajstić information content (AvgIpc) is 2.78. The zero-order chi connectivity index (χ0) is 22.2. The van der Waals surface area contributed by atoms with E-state index >= 15 is 0 Å². The van der Waals surface area contributed by atoms with Crippen molar-refractivity contribution >= 4 is 29.3 Å². The van der Waals surface area contributed by atoms with Crippen LogP contribution in [0.25, 0.3) is 0 Å². The number of nitrogen functional groups attached to an aromatic ring is 1. The number of ether oxygens (including phenoxy) is 1. The number of aliphatic hydroxyl groups excluding tert-OH is 2. The van der Waals surface area contributed by atoms with Gasteiger partial charge in [0.1, 0.15) is 24.1 Å². The normalized spacial score (nSPS) is 26.6. The number of anilines is 1. The Morgan fingerprint density at radius 1 is 1.06 bits per heavy atom. The summed E-state index contributed by atoms with van der Waals surface area (Å²) in [4.78, 5) is 50.5. The summed E-state index contributed by atoms with van der Waals surface area (Å²) in [6.07, 6.45) is -5.38. The van der Waals surface area contributed by atoms with Gasteiger partial charge in [-0.05, 0) is 6.07 Å². The van der Waals surface area contributed by atoms with Gasteiger partial charge in [-0.3, -0.25) is 9.09 Å². The molecule has 23 heteroatoms. The maximum absolute atomic E-state index is 11.8. The van der Waals surface area contributed by atoms with E-state index in [1.807, 2.05) is 0 Å². The molecular formula is C9H19N3Na3O14P3. The van der Waals surface area contributed by atoms with Gasteiger partial charge in [0.15, 0.2) is 6.23 Å². The fourth-order valence-corrected chi connectivity index (χ4v) is 5.22. The summed E-state index contributed by atoms with van der Waals surface area (Å²) in [7, 11) is -16.7. The summed E-state index contributed by atoms with van der Waals surface area (Å²) in [6, 6.07) is 1.20. The molecule has 0 radical (unpaired) electrons. The molecule has 0 saturated carbocycles. The van der Waals surface area contributed by atoms with Crippen molar-refractivity contribution in [3.63, 3.8) is 0 Å². The molecular weight excluding hydrogens is 536 g/mol. The Balaban J connectivity index is -0.000000500. The van der Waals surface area contributed by atoms with E-state index in [4.69, 9.17) is 25.2 Å². The van der Waals surface area contributed by atoms with Crippen molar-refractivity contribution in [1.82, 2.24) is 9.55 Å². The summed E-state index contributed by atoms with van der Waals surface area (Å²) in [5.41, 5.74) is 4.39. The van der Waals surface area contributed by atoms with Gasteiger partial charge < -0.3 is 44.5 Å². The van der Waals surface area contributed by atoms with Gasteiger partial charge in [-0.25, -0.2) is 18.5 Å². The van der Waals surface area contributed by atoms with Crippen LogP contribution in [0.4, 0.5) is 5.82 Å². The molecule has 1 aliphatic rings. The zero-order valence-electron chi connectivity index (χ0n) is 19.9. The van der Waals surface area contributed by atoms with Crippen LogP contribution in [0.2, 0.25) is 0 Å². The standard InChI is InChI=1S/C9H16N3O14P3.3Na.3H/c10-5-1-2-12(9(15)11-5)8-7(14)6(13)4(24-8)3-23-28(19,20)26-29(21,22)25-27(16,17)18;;;;;;/h1-2,4,6-8,13-14H,3H2,(H,19,20)(H,21,22)(H2,10,11,15)(H2,16,17,18);;;;;;/q;3*+1;3*-1/t4-,6-,7-,8-;;;;;;/m1....../s1. The monoisotopic (exact) mass is 555 g/mol. The summed E-state index contributed by atoms with van der Waals surface area (Å²) in [5, 5.41) is 20.0. The van der Waals surface area contributed by atoms with Gasteiger partial charge in [0.2, 0.25) is 0 Å². The number of nitrogens with two attached hydrogens (primary N) is 1. The molecule has 1 aromatic rings. The molecule has 0 aromatic carbocycles. The van der Waals surface area contributed by atoms with Crippen LogP contribution in [0, 0.1) is 0 Å². The first kappa shape index (κ1) is 36.1. The van der Waals surface area contributed by atoms with E-state index in [2.05, 4.69) is 18.1 Å². The van der Waals surface area contributed by atoms with Crippen molar-refractivity contribution in [2.75, 3.05) is 12.3 Å². The predicted octanol–water partition coefficient (Wildman–Crippen LogP) is -10.9. The van der Waals surface area contributed by atoms with E-state index in [-0.39, 0.29) is 98.8 Å². The van der Waals surface area contributed by atoms with E-state index in [9.17, 15) is 33.6 Å². The fourth-order valence-electron chi connectivity index (χ4n) is 2.19. The smallest absolute Gasteiger partial charge is 1.00 e. The molecule has 1 aliphatic heterocycles. The minimum Gasteiger partial charge on any atom is -1.00 e. The van der Waals surface area contributed by atoms with Crippen LogP contribution < -0.4 is 100 Å². The maximum Gasteiger partial charge on any atom is 1.00 e. The van der Waals surface area contributed by atoms with Crippen LogP contribution in [0.3, 0.4) is 0 Å².